The van der Waals surface area contributed by atoms with Gasteiger partial charge in [0.2, 0.25) is 5.91 Å². The zero-order valence-corrected chi connectivity index (χ0v) is 16.5. The summed E-state index contributed by atoms with van der Waals surface area (Å²) >= 11 is 0. The normalized spacial score (nSPS) is 27.2. The van der Waals surface area contributed by atoms with Crippen LogP contribution in [0, 0.1) is 17.8 Å². The van der Waals surface area contributed by atoms with E-state index in [-0.39, 0.29) is 24.2 Å². The Morgan fingerprint density at radius 1 is 1.23 bits per heavy atom. The molecule has 2 aliphatic rings. The maximum atomic E-state index is 12.6. The van der Waals surface area contributed by atoms with E-state index in [2.05, 4.69) is 5.32 Å². The van der Waals surface area contributed by atoms with E-state index >= 15 is 0 Å². The zero-order chi connectivity index (χ0) is 17.8. The number of carbonyl (C=O) groups excluding carboxylic acids is 1. The summed E-state index contributed by atoms with van der Waals surface area (Å²) in [6.07, 6.45) is 5.51. The lowest BCUT2D eigenvalue weighted by Crippen LogP contribution is -2.49. The van der Waals surface area contributed by atoms with Gasteiger partial charge in [0.15, 0.2) is 11.5 Å². The van der Waals surface area contributed by atoms with Gasteiger partial charge in [0, 0.05) is 18.5 Å². The number of amides is 1. The summed E-state index contributed by atoms with van der Waals surface area (Å²) in [6.45, 7) is 3.04. The number of methoxy groups -OCH3 is 1. The number of hydrogen-bond acceptors (Lipinski definition) is 4. The van der Waals surface area contributed by atoms with Crippen molar-refractivity contribution in [1.29, 1.82) is 0 Å². The van der Waals surface area contributed by atoms with Gasteiger partial charge in [-0.25, -0.2) is 0 Å². The molecule has 0 aliphatic heterocycles. The minimum Gasteiger partial charge on any atom is -0.493 e. The van der Waals surface area contributed by atoms with E-state index in [1.807, 2.05) is 25.1 Å². The second kappa shape index (κ2) is 9.47. The molecule has 2 fully saturated rings. The van der Waals surface area contributed by atoms with Crippen LogP contribution in [0.4, 0.5) is 0 Å². The van der Waals surface area contributed by atoms with Crippen LogP contribution in [0.1, 0.15) is 44.6 Å². The fraction of sp³-hybridized carbons (Fsp3) is 0.650. The minimum atomic E-state index is 0. The highest BCUT2D eigenvalue weighted by molar-refractivity contribution is 5.85. The van der Waals surface area contributed by atoms with Gasteiger partial charge in [-0.05, 0) is 62.1 Å². The molecular weight excluding hydrogens is 352 g/mol. The van der Waals surface area contributed by atoms with Crippen molar-refractivity contribution in [3.63, 3.8) is 0 Å². The van der Waals surface area contributed by atoms with E-state index in [1.54, 1.807) is 7.11 Å². The molecule has 0 saturated heterocycles. The van der Waals surface area contributed by atoms with Crippen molar-refractivity contribution in [2.75, 3.05) is 13.7 Å². The van der Waals surface area contributed by atoms with Gasteiger partial charge in [-0.3, -0.25) is 4.79 Å². The lowest BCUT2D eigenvalue weighted by Gasteiger charge is -2.43. The highest BCUT2D eigenvalue weighted by atomic mass is 35.5. The summed E-state index contributed by atoms with van der Waals surface area (Å²) in [5.74, 6) is 2.75. The first-order valence-electron chi connectivity index (χ1n) is 9.45. The van der Waals surface area contributed by atoms with Crippen molar-refractivity contribution < 1.29 is 14.3 Å². The molecule has 146 valence electrons. The van der Waals surface area contributed by atoms with Gasteiger partial charge in [0.05, 0.1) is 13.7 Å². The van der Waals surface area contributed by atoms with Gasteiger partial charge >= 0.3 is 0 Å². The SMILES string of the molecule is CCOc1cc(CNC(=O)C2CC3CCCC(C2)C3N)ccc1OC.Cl. The molecular formula is C20H31ClN2O3. The van der Waals surface area contributed by atoms with Crippen LogP contribution in [-0.2, 0) is 11.3 Å². The lowest BCUT2D eigenvalue weighted by atomic mass is 9.65. The third-order valence-electron chi connectivity index (χ3n) is 5.78. The van der Waals surface area contributed by atoms with Gasteiger partial charge in [-0.15, -0.1) is 12.4 Å². The molecule has 1 amide bonds. The van der Waals surface area contributed by atoms with Gasteiger partial charge in [0.1, 0.15) is 0 Å². The average Bonchev–Trinajstić information content (AvgIpc) is 2.60. The first-order chi connectivity index (χ1) is 12.1. The summed E-state index contributed by atoms with van der Waals surface area (Å²) in [5.41, 5.74) is 7.35. The summed E-state index contributed by atoms with van der Waals surface area (Å²) in [4.78, 5) is 12.6. The Bertz CT molecular complexity index is 597. The van der Waals surface area contributed by atoms with Crippen LogP contribution in [0.5, 0.6) is 11.5 Å². The summed E-state index contributed by atoms with van der Waals surface area (Å²) in [5, 5.41) is 3.10. The first kappa shape index (κ1) is 20.8. The predicted molar refractivity (Wildman–Crippen MR) is 105 cm³/mol. The van der Waals surface area contributed by atoms with Gasteiger partial charge in [-0.1, -0.05) is 12.5 Å². The van der Waals surface area contributed by atoms with Crippen LogP contribution in [0.2, 0.25) is 0 Å². The van der Waals surface area contributed by atoms with Crippen LogP contribution in [0.3, 0.4) is 0 Å². The first-order valence-corrected chi connectivity index (χ1v) is 9.45. The number of nitrogens with one attached hydrogen (secondary N) is 1. The van der Waals surface area contributed by atoms with Crippen LogP contribution in [0.25, 0.3) is 0 Å². The predicted octanol–water partition coefficient (Wildman–Crippen LogP) is 3.29. The molecule has 2 atom stereocenters. The van der Waals surface area contributed by atoms with E-state index in [4.69, 9.17) is 15.2 Å². The topological polar surface area (TPSA) is 73.6 Å². The Kier molecular flexibility index (Phi) is 7.59. The van der Waals surface area contributed by atoms with E-state index in [0.717, 1.165) is 24.2 Å². The van der Waals surface area contributed by atoms with Crippen molar-refractivity contribution in [3.05, 3.63) is 23.8 Å². The van der Waals surface area contributed by atoms with Crippen molar-refractivity contribution in [3.8, 4) is 11.5 Å². The van der Waals surface area contributed by atoms with Crippen molar-refractivity contribution in [2.24, 2.45) is 23.5 Å². The van der Waals surface area contributed by atoms with Crippen LogP contribution in [0.15, 0.2) is 18.2 Å². The van der Waals surface area contributed by atoms with Crippen LogP contribution >= 0.6 is 12.4 Å². The lowest BCUT2D eigenvalue weighted by molar-refractivity contribution is -0.128. The number of fused-ring (bicyclic) bond motifs is 2. The molecule has 0 heterocycles. The number of rotatable bonds is 6. The molecule has 2 bridgehead atoms. The Hall–Kier alpha value is -1.46. The summed E-state index contributed by atoms with van der Waals surface area (Å²) in [7, 11) is 1.63. The van der Waals surface area contributed by atoms with Gasteiger partial charge in [0.25, 0.3) is 0 Å². The molecule has 2 saturated carbocycles. The van der Waals surface area contributed by atoms with E-state index < -0.39 is 0 Å². The van der Waals surface area contributed by atoms with Crippen LogP contribution < -0.4 is 20.5 Å². The average molecular weight is 383 g/mol. The van der Waals surface area contributed by atoms with Crippen molar-refractivity contribution in [1.82, 2.24) is 5.32 Å². The second-order valence-corrected chi connectivity index (χ2v) is 7.33. The molecule has 3 N–H and O–H groups in total. The maximum absolute atomic E-state index is 12.6. The van der Waals surface area contributed by atoms with E-state index in [1.165, 1.54) is 19.3 Å². The molecule has 1 aromatic rings. The molecule has 5 nitrogen and oxygen atoms in total. The molecule has 2 aliphatic carbocycles. The minimum absolute atomic E-state index is 0. The number of halogens is 1. The molecule has 0 aromatic heterocycles. The molecule has 0 spiro atoms. The quantitative estimate of drug-likeness (QED) is 0.791. The van der Waals surface area contributed by atoms with Gasteiger partial charge in [-0.2, -0.15) is 0 Å². The zero-order valence-electron chi connectivity index (χ0n) is 15.7. The van der Waals surface area contributed by atoms with Crippen molar-refractivity contribution in [2.45, 2.75) is 51.6 Å². The highest BCUT2D eigenvalue weighted by Crippen LogP contribution is 2.41. The fourth-order valence-corrected chi connectivity index (χ4v) is 4.44. The summed E-state index contributed by atoms with van der Waals surface area (Å²) in [6, 6.07) is 6.09. The Morgan fingerprint density at radius 2 is 1.92 bits per heavy atom. The Morgan fingerprint density at radius 3 is 2.54 bits per heavy atom. The van der Waals surface area contributed by atoms with E-state index in [0.29, 0.717) is 36.8 Å². The third kappa shape index (κ3) is 4.63. The molecule has 0 radical (unpaired) electrons. The summed E-state index contributed by atoms with van der Waals surface area (Å²) < 4.78 is 10.9. The number of carbonyl (C=O) groups is 1. The monoisotopic (exact) mass is 382 g/mol. The van der Waals surface area contributed by atoms with Crippen molar-refractivity contribution >= 4 is 18.3 Å². The third-order valence-corrected chi connectivity index (χ3v) is 5.78. The standard InChI is InChI=1S/C20H30N2O3.ClH/c1-3-25-18-9-13(7-8-17(18)24-2)12-22-20(23)16-10-14-5-4-6-15(11-16)19(14)21;/h7-9,14-16,19H,3-6,10-12,21H2,1-2H3,(H,22,23);1H. The molecule has 1 aromatic carbocycles. The van der Waals surface area contributed by atoms with Gasteiger partial charge < -0.3 is 20.5 Å². The number of ether oxygens (including phenoxy) is 2. The number of hydrogen-bond donors (Lipinski definition) is 2. The molecule has 2 unspecified atom stereocenters. The molecule has 6 heteroatoms. The Balaban J connectivity index is 0.00000243. The molecule has 26 heavy (non-hydrogen) atoms. The second-order valence-electron chi connectivity index (χ2n) is 7.33. The van der Waals surface area contributed by atoms with E-state index in [9.17, 15) is 4.79 Å². The van der Waals surface area contributed by atoms with Crippen LogP contribution in [-0.4, -0.2) is 25.7 Å². The molecule has 3 rings (SSSR count). The smallest absolute Gasteiger partial charge is 0.223 e. The highest BCUT2D eigenvalue weighted by Gasteiger charge is 2.40. The number of nitrogens with two attached hydrogens (primary N) is 1. The maximum Gasteiger partial charge on any atom is 0.223 e. The largest absolute Gasteiger partial charge is 0.493 e. The fourth-order valence-electron chi connectivity index (χ4n) is 4.44. The Labute approximate surface area is 162 Å². The number of benzene rings is 1.